The molecule has 96 valence electrons. The van der Waals surface area contributed by atoms with E-state index in [0.29, 0.717) is 12.0 Å². The lowest BCUT2D eigenvalue weighted by atomic mass is 10.1. The minimum Gasteiger partial charge on any atom is -0.379 e. The molecule has 3 heterocycles. The van der Waals surface area contributed by atoms with Gasteiger partial charge in [-0.2, -0.15) is 5.10 Å². The van der Waals surface area contributed by atoms with Crippen LogP contribution in [0.2, 0.25) is 0 Å². The fraction of sp³-hybridized carbons (Fsp3) is 0.286. The summed E-state index contributed by atoms with van der Waals surface area (Å²) in [5, 5.41) is 6.08. The number of aromatic nitrogens is 3. The van der Waals surface area contributed by atoms with Gasteiger partial charge in [-0.3, -0.25) is 9.48 Å². The number of hydrogen-bond donors (Lipinski definition) is 1. The molecule has 1 saturated heterocycles. The van der Waals surface area contributed by atoms with Crippen molar-refractivity contribution < 1.29 is 4.74 Å². The van der Waals surface area contributed by atoms with E-state index >= 15 is 0 Å². The molecule has 1 aromatic carbocycles. The number of pyridine rings is 1. The van der Waals surface area contributed by atoms with Crippen molar-refractivity contribution in [1.82, 2.24) is 14.8 Å². The lowest BCUT2D eigenvalue weighted by molar-refractivity contribution is 0.185. The Morgan fingerprint density at radius 2 is 2.21 bits per heavy atom. The maximum absolute atomic E-state index is 12.1. The average molecular weight is 255 g/mol. The Morgan fingerprint density at radius 3 is 3.05 bits per heavy atom. The standard InChI is InChI=1S/C14H13N3O2/c18-14-11-7-15-17(9-5-6-19-8-9)13(11)10-3-1-2-4-12(10)16-14/h1-4,7,9H,5-6,8H2,(H,16,18). The van der Waals surface area contributed by atoms with Gasteiger partial charge in [0.15, 0.2) is 0 Å². The molecule has 1 fully saturated rings. The zero-order valence-electron chi connectivity index (χ0n) is 10.3. The first-order chi connectivity index (χ1) is 9.34. The highest BCUT2D eigenvalue weighted by atomic mass is 16.5. The molecule has 1 N–H and O–H groups in total. The van der Waals surface area contributed by atoms with Gasteiger partial charge in [0.2, 0.25) is 0 Å². The molecule has 0 spiro atoms. The largest absolute Gasteiger partial charge is 0.379 e. The second-order valence-electron chi connectivity index (χ2n) is 4.87. The van der Waals surface area contributed by atoms with Gasteiger partial charge in [-0.05, 0) is 12.5 Å². The van der Waals surface area contributed by atoms with Crippen LogP contribution in [0.3, 0.4) is 0 Å². The van der Waals surface area contributed by atoms with E-state index in [9.17, 15) is 4.79 Å². The summed E-state index contributed by atoms with van der Waals surface area (Å²) in [6, 6.07) is 8.05. The fourth-order valence-corrected chi connectivity index (χ4v) is 2.78. The van der Waals surface area contributed by atoms with Crippen LogP contribution < -0.4 is 5.56 Å². The Morgan fingerprint density at radius 1 is 1.32 bits per heavy atom. The molecule has 0 radical (unpaired) electrons. The molecule has 5 heteroatoms. The smallest absolute Gasteiger partial charge is 0.259 e. The monoisotopic (exact) mass is 255 g/mol. The van der Waals surface area contributed by atoms with Gasteiger partial charge in [0, 0.05) is 12.0 Å². The minimum atomic E-state index is -0.0844. The van der Waals surface area contributed by atoms with Crippen LogP contribution in [0, 0.1) is 0 Å². The summed E-state index contributed by atoms with van der Waals surface area (Å²) in [5.41, 5.74) is 1.68. The molecular weight excluding hydrogens is 242 g/mol. The zero-order valence-corrected chi connectivity index (χ0v) is 10.3. The summed E-state index contributed by atoms with van der Waals surface area (Å²) in [6.07, 6.45) is 2.59. The van der Waals surface area contributed by atoms with Gasteiger partial charge in [-0.1, -0.05) is 18.2 Å². The van der Waals surface area contributed by atoms with E-state index in [4.69, 9.17) is 4.74 Å². The number of nitrogens with one attached hydrogen (secondary N) is 1. The van der Waals surface area contributed by atoms with Crippen molar-refractivity contribution in [3.63, 3.8) is 0 Å². The Hall–Kier alpha value is -2.14. The van der Waals surface area contributed by atoms with Crippen LogP contribution >= 0.6 is 0 Å². The molecule has 3 aromatic rings. The Balaban J connectivity index is 2.12. The van der Waals surface area contributed by atoms with E-state index in [2.05, 4.69) is 10.1 Å². The van der Waals surface area contributed by atoms with Gasteiger partial charge in [0.25, 0.3) is 5.56 Å². The SMILES string of the molecule is O=c1[nH]c2ccccc2c2c1cnn2C1CCOC1. The summed E-state index contributed by atoms with van der Waals surface area (Å²) in [5.74, 6) is 0. The molecular formula is C14H13N3O2. The molecule has 0 aliphatic carbocycles. The molecule has 0 bridgehead atoms. The molecule has 2 aromatic heterocycles. The van der Waals surface area contributed by atoms with Crippen molar-refractivity contribution in [3.05, 3.63) is 40.8 Å². The van der Waals surface area contributed by atoms with Crippen molar-refractivity contribution >= 4 is 21.8 Å². The highest BCUT2D eigenvalue weighted by Crippen LogP contribution is 2.26. The summed E-state index contributed by atoms with van der Waals surface area (Å²) in [6.45, 7) is 1.42. The number of nitrogens with zero attached hydrogens (tertiary/aromatic N) is 2. The molecule has 0 saturated carbocycles. The topological polar surface area (TPSA) is 59.9 Å². The quantitative estimate of drug-likeness (QED) is 0.721. The molecule has 19 heavy (non-hydrogen) atoms. The molecule has 5 nitrogen and oxygen atoms in total. The van der Waals surface area contributed by atoms with Gasteiger partial charge in [-0.25, -0.2) is 0 Å². The molecule has 4 rings (SSSR count). The number of hydrogen-bond acceptors (Lipinski definition) is 3. The summed E-state index contributed by atoms with van der Waals surface area (Å²) < 4.78 is 7.37. The van der Waals surface area contributed by atoms with E-state index < -0.39 is 0 Å². The van der Waals surface area contributed by atoms with Crippen molar-refractivity contribution in [2.45, 2.75) is 12.5 Å². The predicted octanol–water partition coefficient (Wildman–Crippen LogP) is 1.84. The Labute approximate surface area is 108 Å². The van der Waals surface area contributed by atoms with Gasteiger partial charge >= 0.3 is 0 Å². The van der Waals surface area contributed by atoms with Crippen LogP contribution in [0.1, 0.15) is 12.5 Å². The van der Waals surface area contributed by atoms with E-state index in [0.717, 1.165) is 29.4 Å². The Bertz CT molecular complexity index is 812. The highest BCUT2D eigenvalue weighted by Gasteiger charge is 2.22. The van der Waals surface area contributed by atoms with Crippen molar-refractivity contribution in [1.29, 1.82) is 0 Å². The number of fused-ring (bicyclic) bond motifs is 3. The summed E-state index contributed by atoms with van der Waals surface area (Å²) in [4.78, 5) is 15.0. The lowest BCUT2D eigenvalue weighted by Gasteiger charge is -2.11. The van der Waals surface area contributed by atoms with Crippen molar-refractivity contribution in [3.8, 4) is 0 Å². The first-order valence-corrected chi connectivity index (χ1v) is 6.40. The number of aromatic amines is 1. The number of H-pyrrole nitrogens is 1. The van der Waals surface area contributed by atoms with Crippen LogP contribution in [0.25, 0.3) is 21.8 Å². The zero-order chi connectivity index (χ0) is 12.8. The first-order valence-electron chi connectivity index (χ1n) is 6.40. The van der Waals surface area contributed by atoms with Gasteiger partial charge in [0.05, 0.1) is 35.3 Å². The third kappa shape index (κ3) is 1.51. The van der Waals surface area contributed by atoms with Gasteiger partial charge in [0.1, 0.15) is 0 Å². The summed E-state index contributed by atoms with van der Waals surface area (Å²) in [7, 11) is 0. The van der Waals surface area contributed by atoms with Crippen LogP contribution in [-0.2, 0) is 4.74 Å². The third-order valence-electron chi connectivity index (χ3n) is 3.72. The molecule has 1 aliphatic rings. The molecule has 0 amide bonds. The third-order valence-corrected chi connectivity index (χ3v) is 3.72. The van der Waals surface area contributed by atoms with Crippen LogP contribution in [0.4, 0.5) is 0 Å². The maximum Gasteiger partial charge on any atom is 0.259 e. The molecule has 1 unspecified atom stereocenters. The number of ether oxygens (including phenoxy) is 1. The molecule has 1 atom stereocenters. The molecule has 1 aliphatic heterocycles. The Kier molecular flexibility index (Phi) is 2.22. The predicted molar refractivity (Wildman–Crippen MR) is 72.3 cm³/mol. The number of para-hydroxylation sites is 1. The van der Waals surface area contributed by atoms with Crippen LogP contribution in [-0.4, -0.2) is 28.0 Å². The van der Waals surface area contributed by atoms with Crippen molar-refractivity contribution in [2.24, 2.45) is 0 Å². The van der Waals surface area contributed by atoms with Gasteiger partial charge in [-0.15, -0.1) is 0 Å². The van der Waals surface area contributed by atoms with E-state index in [1.54, 1.807) is 6.20 Å². The fourth-order valence-electron chi connectivity index (χ4n) is 2.78. The van der Waals surface area contributed by atoms with Crippen molar-refractivity contribution in [2.75, 3.05) is 13.2 Å². The van der Waals surface area contributed by atoms with E-state index in [-0.39, 0.29) is 11.6 Å². The van der Waals surface area contributed by atoms with E-state index in [1.807, 2.05) is 28.9 Å². The maximum atomic E-state index is 12.1. The second kappa shape index (κ2) is 3.93. The first kappa shape index (κ1) is 10.8. The number of benzene rings is 1. The van der Waals surface area contributed by atoms with E-state index in [1.165, 1.54) is 0 Å². The second-order valence-corrected chi connectivity index (χ2v) is 4.87. The van der Waals surface area contributed by atoms with Gasteiger partial charge < -0.3 is 9.72 Å². The summed E-state index contributed by atoms with van der Waals surface area (Å²) >= 11 is 0. The number of rotatable bonds is 1. The lowest BCUT2D eigenvalue weighted by Crippen LogP contribution is -2.12. The normalized spacial score (nSPS) is 19.5. The minimum absolute atomic E-state index is 0.0844. The average Bonchev–Trinajstić information content (AvgIpc) is 3.08. The van der Waals surface area contributed by atoms with Crippen LogP contribution in [0.15, 0.2) is 35.3 Å². The van der Waals surface area contributed by atoms with Crippen LogP contribution in [0.5, 0.6) is 0 Å². The highest BCUT2D eigenvalue weighted by molar-refractivity contribution is 6.02.